The van der Waals surface area contributed by atoms with Crippen LogP contribution in [0.5, 0.6) is 0 Å². The standard InChI is InChI=1S/C15H13NO6/c1-20-13(17)9-6-4-5-8-10(14(18)21-2)7-11(15(19)22-3)16-12(8)9/h4-7H,1-3H3. The van der Waals surface area contributed by atoms with E-state index in [2.05, 4.69) is 14.5 Å². The largest absolute Gasteiger partial charge is 0.465 e. The van der Waals surface area contributed by atoms with E-state index in [4.69, 9.17) is 4.74 Å². The second-order valence-corrected chi connectivity index (χ2v) is 4.23. The highest BCUT2D eigenvalue weighted by atomic mass is 16.5. The van der Waals surface area contributed by atoms with Gasteiger partial charge in [-0.05, 0) is 12.1 Å². The van der Waals surface area contributed by atoms with Gasteiger partial charge in [0.25, 0.3) is 0 Å². The van der Waals surface area contributed by atoms with Crippen LogP contribution in [0.15, 0.2) is 24.3 Å². The van der Waals surface area contributed by atoms with Gasteiger partial charge in [-0.3, -0.25) is 0 Å². The Balaban J connectivity index is 2.85. The lowest BCUT2D eigenvalue weighted by Gasteiger charge is -2.09. The van der Waals surface area contributed by atoms with Crippen LogP contribution < -0.4 is 0 Å². The quantitative estimate of drug-likeness (QED) is 0.628. The van der Waals surface area contributed by atoms with Gasteiger partial charge in [0.05, 0.1) is 38.0 Å². The summed E-state index contributed by atoms with van der Waals surface area (Å²) in [4.78, 5) is 39.6. The highest BCUT2D eigenvalue weighted by Crippen LogP contribution is 2.23. The fraction of sp³-hybridized carbons (Fsp3) is 0.200. The zero-order valence-corrected chi connectivity index (χ0v) is 12.2. The first-order valence-electron chi connectivity index (χ1n) is 6.22. The number of hydrogen-bond acceptors (Lipinski definition) is 7. The summed E-state index contributed by atoms with van der Waals surface area (Å²) >= 11 is 0. The second kappa shape index (κ2) is 6.21. The molecule has 7 heteroatoms. The molecule has 2 rings (SSSR count). The zero-order valence-electron chi connectivity index (χ0n) is 12.2. The average Bonchev–Trinajstić information content (AvgIpc) is 2.57. The first-order chi connectivity index (χ1) is 10.5. The molecule has 2 aromatic rings. The number of fused-ring (bicyclic) bond motifs is 1. The van der Waals surface area contributed by atoms with Crippen LogP contribution in [-0.2, 0) is 14.2 Å². The molecule has 0 radical (unpaired) electrons. The molecule has 0 fully saturated rings. The summed E-state index contributed by atoms with van der Waals surface area (Å²) in [6, 6.07) is 5.94. The van der Waals surface area contributed by atoms with E-state index < -0.39 is 17.9 Å². The molecule has 0 saturated carbocycles. The molecule has 0 aliphatic rings. The molecule has 1 aromatic carbocycles. The summed E-state index contributed by atoms with van der Waals surface area (Å²) in [6.07, 6.45) is 0. The molecule has 7 nitrogen and oxygen atoms in total. The van der Waals surface area contributed by atoms with Crippen molar-refractivity contribution in [2.24, 2.45) is 0 Å². The topological polar surface area (TPSA) is 91.8 Å². The van der Waals surface area contributed by atoms with Gasteiger partial charge in [-0.15, -0.1) is 0 Å². The van der Waals surface area contributed by atoms with Gasteiger partial charge in [0, 0.05) is 5.39 Å². The molecule has 22 heavy (non-hydrogen) atoms. The fourth-order valence-corrected chi connectivity index (χ4v) is 2.01. The molecule has 1 heterocycles. The third-order valence-electron chi connectivity index (χ3n) is 3.04. The molecule has 0 bridgehead atoms. The van der Waals surface area contributed by atoms with Crippen molar-refractivity contribution in [3.63, 3.8) is 0 Å². The summed E-state index contributed by atoms with van der Waals surface area (Å²) in [5.74, 6) is -2.01. The van der Waals surface area contributed by atoms with Crippen LogP contribution in [0.1, 0.15) is 31.2 Å². The number of esters is 3. The van der Waals surface area contributed by atoms with E-state index in [1.54, 1.807) is 12.1 Å². The Morgan fingerprint density at radius 2 is 1.45 bits per heavy atom. The Morgan fingerprint density at radius 1 is 0.864 bits per heavy atom. The number of nitrogens with zero attached hydrogens (tertiary/aromatic N) is 1. The summed E-state index contributed by atoms with van der Waals surface area (Å²) < 4.78 is 14.0. The van der Waals surface area contributed by atoms with Gasteiger partial charge in [0.1, 0.15) is 5.69 Å². The van der Waals surface area contributed by atoms with Crippen LogP contribution in [0.3, 0.4) is 0 Å². The third kappa shape index (κ3) is 2.60. The summed E-state index contributed by atoms with van der Waals surface area (Å²) in [6.45, 7) is 0. The maximum Gasteiger partial charge on any atom is 0.356 e. The molecular formula is C15H13NO6. The fourth-order valence-electron chi connectivity index (χ4n) is 2.01. The minimum atomic E-state index is -0.730. The van der Waals surface area contributed by atoms with Crippen molar-refractivity contribution in [1.82, 2.24) is 4.98 Å². The van der Waals surface area contributed by atoms with Crippen molar-refractivity contribution in [3.8, 4) is 0 Å². The first kappa shape index (κ1) is 15.4. The Morgan fingerprint density at radius 3 is 2.05 bits per heavy atom. The highest BCUT2D eigenvalue weighted by Gasteiger charge is 2.21. The molecule has 0 aliphatic carbocycles. The van der Waals surface area contributed by atoms with Gasteiger partial charge in [0.15, 0.2) is 0 Å². The van der Waals surface area contributed by atoms with Gasteiger partial charge in [-0.25, -0.2) is 19.4 Å². The minimum Gasteiger partial charge on any atom is -0.465 e. The molecule has 0 amide bonds. The zero-order chi connectivity index (χ0) is 16.3. The number of rotatable bonds is 3. The number of carbonyl (C=O) groups excluding carboxylic acids is 3. The highest BCUT2D eigenvalue weighted by molar-refractivity contribution is 6.11. The predicted octanol–water partition coefficient (Wildman–Crippen LogP) is 1.59. The monoisotopic (exact) mass is 303 g/mol. The lowest BCUT2D eigenvalue weighted by atomic mass is 10.0. The molecule has 1 aromatic heterocycles. The van der Waals surface area contributed by atoms with Crippen molar-refractivity contribution in [2.45, 2.75) is 0 Å². The van der Waals surface area contributed by atoms with Gasteiger partial charge in [-0.1, -0.05) is 12.1 Å². The van der Waals surface area contributed by atoms with Crippen molar-refractivity contribution in [1.29, 1.82) is 0 Å². The summed E-state index contributed by atoms with van der Waals surface area (Å²) in [5.41, 5.74) is 0.305. The SMILES string of the molecule is COC(=O)c1cc(C(=O)OC)c2cccc(C(=O)OC)c2n1. The molecule has 0 saturated heterocycles. The molecule has 0 unspecified atom stereocenters. The predicted molar refractivity (Wildman–Crippen MR) is 75.8 cm³/mol. The molecule has 0 atom stereocenters. The van der Waals surface area contributed by atoms with Crippen LogP contribution in [0, 0.1) is 0 Å². The van der Waals surface area contributed by atoms with Crippen LogP contribution in [0.4, 0.5) is 0 Å². The maximum atomic E-state index is 11.9. The number of para-hydroxylation sites is 1. The Bertz CT molecular complexity index is 768. The van der Waals surface area contributed by atoms with Crippen molar-refractivity contribution < 1.29 is 28.6 Å². The van der Waals surface area contributed by atoms with Gasteiger partial charge in [-0.2, -0.15) is 0 Å². The smallest absolute Gasteiger partial charge is 0.356 e. The van der Waals surface area contributed by atoms with E-state index in [9.17, 15) is 14.4 Å². The van der Waals surface area contributed by atoms with Gasteiger partial charge in [0.2, 0.25) is 0 Å². The minimum absolute atomic E-state index is 0.105. The number of benzene rings is 1. The van der Waals surface area contributed by atoms with E-state index in [-0.39, 0.29) is 22.3 Å². The molecular weight excluding hydrogens is 290 g/mol. The average molecular weight is 303 g/mol. The third-order valence-corrected chi connectivity index (χ3v) is 3.04. The number of carbonyl (C=O) groups is 3. The van der Waals surface area contributed by atoms with Crippen LogP contribution in [0.25, 0.3) is 10.9 Å². The van der Waals surface area contributed by atoms with E-state index in [0.717, 1.165) is 0 Å². The normalized spacial score (nSPS) is 10.1. The molecule has 0 spiro atoms. The van der Waals surface area contributed by atoms with Crippen LogP contribution in [0.2, 0.25) is 0 Å². The van der Waals surface area contributed by atoms with Crippen molar-refractivity contribution in [2.75, 3.05) is 21.3 Å². The second-order valence-electron chi connectivity index (χ2n) is 4.23. The van der Waals surface area contributed by atoms with Crippen LogP contribution in [-0.4, -0.2) is 44.2 Å². The number of ether oxygens (including phenoxy) is 3. The van der Waals surface area contributed by atoms with Crippen LogP contribution >= 0.6 is 0 Å². The van der Waals surface area contributed by atoms with Crippen molar-refractivity contribution >= 4 is 28.8 Å². The maximum absolute atomic E-state index is 11.9. The Kier molecular flexibility index (Phi) is 4.36. The molecule has 0 aliphatic heterocycles. The lowest BCUT2D eigenvalue weighted by molar-refractivity contribution is 0.0582. The van der Waals surface area contributed by atoms with Crippen molar-refractivity contribution in [3.05, 3.63) is 41.1 Å². The summed E-state index contributed by atoms with van der Waals surface area (Å²) in [7, 11) is 3.64. The number of pyridine rings is 1. The summed E-state index contributed by atoms with van der Waals surface area (Å²) in [5, 5.41) is 0.377. The van der Waals surface area contributed by atoms with E-state index in [0.29, 0.717) is 5.39 Å². The lowest BCUT2D eigenvalue weighted by Crippen LogP contribution is -2.12. The number of hydrogen-bond donors (Lipinski definition) is 0. The van der Waals surface area contributed by atoms with Gasteiger partial charge >= 0.3 is 17.9 Å². The number of methoxy groups -OCH3 is 3. The van der Waals surface area contributed by atoms with E-state index >= 15 is 0 Å². The Hall–Kier alpha value is -2.96. The molecule has 114 valence electrons. The number of aromatic nitrogens is 1. The molecule has 0 N–H and O–H groups in total. The first-order valence-corrected chi connectivity index (χ1v) is 6.22. The van der Waals surface area contributed by atoms with E-state index in [1.165, 1.54) is 33.5 Å². The Labute approximate surface area is 125 Å². The van der Waals surface area contributed by atoms with Gasteiger partial charge < -0.3 is 14.2 Å². The van der Waals surface area contributed by atoms with E-state index in [1.807, 2.05) is 0 Å².